The minimum atomic E-state index is -0.740. The molecule has 1 aliphatic rings. The summed E-state index contributed by atoms with van der Waals surface area (Å²) < 4.78 is 1.11. The molecule has 2 N–H and O–H groups in total. The number of hydrogen-bond acceptors (Lipinski definition) is 3. The van der Waals surface area contributed by atoms with Gasteiger partial charge in [-0.25, -0.2) is 0 Å². The third-order valence-electron chi connectivity index (χ3n) is 3.35. The molecule has 5 heteroatoms. The predicted octanol–water partition coefficient (Wildman–Crippen LogP) is 2.86. The van der Waals surface area contributed by atoms with E-state index in [0.29, 0.717) is 6.54 Å². The molecule has 1 aliphatic carbocycles. The Kier molecular flexibility index (Phi) is 4.81. The van der Waals surface area contributed by atoms with Crippen molar-refractivity contribution in [3.8, 4) is 0 Å². The van der Waals surface area contributed by atoms with Crippen LogP contribution >= 0.6 is 27.3 Å². The van der Waals surface area contributed by atoms with Gasteiger partial charge in [0.25, 0.3) is 0 Å². The summed E-state index contributed by atoms with van der Waals surface area (Å²) in [5.74, 6) is -0.0324. The summed E-state index contributed by atoms with van der Waals surface area (Å²) in [5.41, 5.74) is -0.740. The van der Waals surface area contributed by atoms with Gasteiger partial charge in [-0.1, -0.05) is 12.8 Å². The number of nitrogens with one attached hydrogen (secondary N) is 1. The maximum absolute atomic E-state index is 11.7. The normalized spacial score (nSPS) is 17.9. The van der Waals surface area contributed by atoms with Crippen LogP contribution < -0.4 is 5.32 Å². The van der Waals surface area contributed by atoms with E-state index < -0.39 is 5.60 Å². The van der Waals surface area contributed by atoms with Crippen LogP contribution in [0.4, 0.5) is 0 Å². The van der Waals surface area contributed by atoms with Crippen LogP contribution in [0.2, 0.25) is 0 Å². The zero-order chi connectivity index (χ0) is 13.0. The molecule has 0 aliphatic heterocycles. The highest BCUT2D eigenvalue weighted by atomic mass is 79.9. The topological polar surface area (TPSA) is 49.3 Å². The lowest BCUT2D eigenvalue weighted by Gasteiger charge is -2.20. The van der Waals surface area contributed by atoms with Gasteiger partial charge in [-0.15, -0.1) is 11.3 Å². The molecule has 0 spiro atoms. The van der Waals surface area contributed by atoms with Gasteiger partial charge in [-0.3, -0.25) is 4.79 Å². The van der Waals surface area contributed by atoms with Gasteiger partial charge in [-0.2, -0.15) is 0 Å². The molecule has 1 amide bonds. The monoisotopic (exact) mass is 331 g/mol. The van der Waals surface area contributed by atoms with Crippen molar-refractivity contribution in [1.82, 2.24) is 5.32 Å². The zero-order valence-electron chi connectivity index (χ0n) is 10.2. The molecular weight excluding hydrogens is 314 g/mol. The lowest BCUT2D eigenvalue weighted by molar-refractivity contribution is -0.125. The molecule has 0 bridgehead atoms. The van der Waals surface area contributed by atoms with E-state index in [9.17, 15) is 9.90 Å². The van der Waals surface area contributed by atoms with Crippen LogP contribution in [0.25, 0.3) is 0 Å². The molecule has 0 radical (unpaired) electrons. The molecule has 0 aromatic carbocycles. The largest absolute Gasteiger partial charge is 0.389 e. The second-order valence-corrected chi connectivity index (χ2v) is 7.46. The fourth-order valence-electron chi connectivity index (χ4n) is 2.38. The molecule has 0 unspecified atom stereocenters. The standard InChI is InChI=1S/C13H18BrNO2S/c14-11-4-3-10(18-11)5-8-15-12(16)9-13(17)6-1-2-7-13/h3-4,17H,1-2,5-9H2,(H,15,16). The fourth-order valence-corrected chi connectivity index (χ4v) is 3.87. The van der Waals surface area contributed by atoms with Gasteiger partial charge in [0.15, 0.2) is 0 Å². The SMILES string of the molecule is O=C(CC1(O)CCCC1)NCCc1ccc(Br)s1. The highest BCUT2D eigenvalue weighted by Crippen LogP contribution is 2.32. The van der Waals surface area contributed by atoms with E-state index in [4.69, 9.17) is 0 Å². The molecule has 3 nitrogen and oxygen atoms in total. The summed E-state index contributed by atoms with van der Waals surface area (Å²) in [7, 11) is 0. The Balaban J connectivity index is 1.68. The quantitative estimate of drug-likeness (QED) is 0.871. The highest BCUT2D eigenvalue weighted by Gasteiger charge is 2.33. The second kappa shape index (κ2) is 6.17. The van der Waals surface area contributed by atoms with E-state index >= 15 is 0 Å². The minimum absolute atomic E-state index is 0.0324. The smallest absolute Gasteiger partial charge is 0.222 e. The van der Waals surface area contributed by atoms with Crippen LogP contribution in [-0.2, 0) is 11.2 Å². The van der Waals surface area contributed by atoms with Crippen molar-refractivity contribution in [3.63, 3.8) is 0 Å². The van der Waals surface area contributed by atoms with Crippen molar-refractivity contribution < 1.29 is 9.90 Å². The van der Waals surface area contributed by atoms with Gasteiger partial charge in [0.05, 0.1) is 15.8 Å². The second-order valence-electron chi connectivity index (χ2n) is 4.91. The number of amides is 1. The number of carbonyl (C=O) groups is 1. The molecule has 0 saturated heterocycles. The van der Waals surface area contributed by atoms with E-state index in [2.05, 4.69) is 27.3 Å². The van der Waals surface area contributed by atoms with E-state index in [0.717, 1.165) is 35.9 Å². The Hall–Kier alpha value is -0.390. The molecule has 1 heterocycles. The Morgan fingerprint density at radius 2 is 2.17 bits per heavy atom. The molecule has 2 rings (SSSR count). The molecule has 18 heavy (non-hydrogen) atoms. The summed E-state index contributed by atoms with van der Waals surface area (Å²) in [4.78, 5) is 13.0. The van der Waals surface area contributed by atoms with Crippen LogP contribution in [0, 0.1) is 0 Å². The van der Waals surface area contributed by atoms with Gasteiger partial charge in [-0.05, 0) is 47.3 Å². The van der Waals surface area contributed by atoms with Crippen LogP contribution in [0.3, 0.4) is 0 Å². The van der Waals surface area contributed by atoms with Gasteiger partial charge in [0, 0.05) is 11.4 Å². The summed E-state index contributed by atoms with van der Waals surface area (Å²) in [6.45, 7) is 0.641. The Labute approximate surface area is 120 Å². The Morgan fingerprint density at radius 3 is 2.78 bits per heavy atom. The third kappa shape index (κ3) is 4.07. The van der Waals surface area contributed by atoms with E-state index in [1.54, 1.807) is 11.3 Å². The molecule has 1 aromatic rings. The minimum Gasteiger partial charge on any atom is -0.389 e. The number of carbonyl (C=O) groups excluding carboxylic acids is 1. The number of rotatable bonds is 5. The van der Waals surface area contributed by atoms with Crippen LogP contribution in [0.5, 0.6) is 0 Å². The van der Waals surface area contributed by atoms with Crippen LogP contribution in [-0.4, -0.2) is 23.2 Å². The highest BCUT2D eigenvalue weighted by molar-refractivity contribution is 9.11. The lowest BCUT2D eigenvalue weighted by Crippen LogP contribution is -2.35. The van der Waals surface area contributed by atoms with Gasteiger partial charge >= 0.3 is 0 Å². The average molecular weight is 332 g/mol. The summed E-state index contributed by atoms with van der Waals surface area (Å²) >= 11 is 5.10. The number of thiophene rings is 1. The molecule has 1 fully saturated rings. The van der Waals surface area contributed by atoms with Crippen molar-refractivity contribution in [1.29, 1.82) is 0 Å². The summed E-state index contributed by atoms with van der Waals surface area (Å²) in [5, 5.41) is 13.0. The van der Waals surface area contributed by atoms with E-state index in [-0.39, 0.29) is 12.3 Å². The average Bonchev–Trinajstić information content (AvgIpc) is 2.88. The van der Waals surface area contributed by atoms with Gasteiger partial charge < -0.3 is 10.4 Å². The fraction of sp³-hybridized carbons (Fsp3) is 0.615. The third-order valence-corrected chi connectivity index (χ3v) is 5.03. The first-order chi connectivity index (χ1) is 8.57. The van der Waals surface area contributed by atoms with Crippen LogP contribution in [0.1, 0.15) is 37.0 Å². The van der Waals surface area contributed by atoms with Crippen molar-refractivity contribution in [2.45, 2.75) is 44.1 Å². The first-order valence-corrected chi connectivity index (χ1v) is 7.92. The molecule has 1 saturated carbocycles. The number of hydrogen-bond donors (Lipinski definition) is 2. The maximum Gasteiger partial charge on any atom is 0.222 e. The first kappa shape index (κ1) is 14.0. The Bertz CT molecular complexity index is 413. The van der Waals surface area contributed by atoms with E-state index in [1.807, 2.05) is 6.07 Å². The van der Waals surface area contributed by atoms with Crippen molar-refractivity contribution in [2.24, 2.45) is 0 Å². The van der Waals surface area contributed by atoms with Crippen LogP contribution in [0.15, 0.2) is 15.9 Å². The predicted molar refractivity (Wildman–Crippen MR) is 76.8 cm³/mol. The maximum atomic E-state index is 11.7. The van der Waals surface area contributed by atoms with Gasteiger partial charge in [0.1, 0.15) is 0 Å². The molecule has 1 aromatic heterocycles. The zero-order valence-corrected chi connectivity index (χ0v) is 12.6. The van der Waals surface area contributed by atoms with Crippen molar-refractivity contribution in [2.75, 3.05) is 6.54 Å². The van der Waals surface area contributed by atoms with Crippen molar-refractivity contribution in [3.05, 3.63) is 20.8 Å². The lowest BCUT2D eigenvalue weighted by atomic mass is 9.98. The molecule has 0 atom stereocenters. The number of aliphatic hydroxyl groups is 1. The molecular formula is C13H18BrNO2S. The summed E-state index contributed by atoms with van der Waals surface area (Å²) in [6.07, 6.45) is 4.69. The summed E-state index contributed by atoms with van der Waals surface area (Å²) in [6, 6.07) is 4.08. The number of halogens is 1. The molecule has 100 valence electrons. The van der Waals surface area contributed by atoms with Gasteiger partial charge in [0.2, 0.25) is 5.91 Å². The van der Waals surface area contributed by atoms with E-state index in [1.165, 1.54) is 4.88 Å². The first-order valence-electron chi connectivity index (χ1n) is 6.31. The van der Waals surface area contributed by atoms with Crippen molar-refractivity contribution >= 4 is 33.2 Å². The Morgan fingerprint density at radius 1 is 1.44 bits per heavy atom.